The highest BCUT2D eigenvalue weighted by molar-refractivity contribution is 9.13. The third-order valence-corrected chi connectivity index (χ3v) is 5.23. The van der Waals surface area contributed by atoms with Gasteiger partial charge in [0.1, 0.15) is 0 Å². The molecule has 0 atom stereocenters. The van der Waals surface area contributed by atoms with E-state index in [1.54, 1.807) is 0 Å². The normalized spacial score (nSPS) is 10.5. The van der Waals surface area contributed by atoms with Crippen molar-refractivity contribution in [2.75, 3.05) is 0 Å². The summed E-state index contributed by atoms with van der Waals surface area (Å²) in [5.74, 6) is 0. The zero-order valence-electron chi connectivity index (χ0n) is 7.98. The van der Waals surface area contributed by atoms with Gasteiger partial charge in [0.2, 0.25) is 0 Å². The van der Waals surface area contributed by atoms with Crippen LogP contribution in [0.5, 0.6) is 0 Å². The Morgan fingerprint density at radius 3 is 2.00 bits per heavy atom. The summed E-state index contributed by atoms with van der Waals surface area (Å²) in [4.78, 5) is 0. The molecule has 0 aromatic heterocycles. The quantitative estimate of drug-likeness (QED) is 0.471. The summed E-state index contributed by atoms with van der Waals surface area (Å²) >= 11 is 16.4. The Hall–Kier alpha value is 0.170. The highest BCUT2D eigenvalue weighted by Gasteiger charge is 2.06. The number of halogens is 4. The number of benzene rings is 2. The van der Waals surface area contributed by atoms with E-state index in [0.29, 0.717) is 5.02 Å². The highest BCUT2D eigenvalue weighted by atomic mass is 79.9. The average molecular weight is 425 g/mol. The molecule has 16 heavy (non-hydrogen) atoms. The Morgan fingerprint density at radius 1 is 0.812 bits per heavy atom. The van der Waals surface area contributed by atoms with Gasteiger partial charge in [-0.1, -0.05) is 39.7 Å². The van der Waals surface area contributed by atoms with Crippen LogP contribution in [0, 0.1) is 0 Å². The van der Waals surface area contributed by atoms with Gasteiger partial charge in [-0.3, -0.25) is 0 Å². The maximum atomic E-state index is 6.11. The van der Waals surface area contributed by atoms with Crippen LogP contribution in [-0.2, 0) is 0 Å². The SMILES string of the molecule is Clc1cc(-c2ccc(Br)cc2)cc(Br)c1Br. The Bertz CT molecular complexity index is 497. The minimum atomic E-state index is 0.701. The van der Waals surface area contributed by atoms with E-state index in [1.165, 1.54) is 0 Å². The zero-order valence-corrected chi connectivity index (χ0v) is 13.5. The molecule has 2 aromatic carbocycles. The Morgan fingerprint density at radius 2 is 1.44 bits per heavy atom. The van der Waals surface area contributed by atoms with Crippen molar-refractivity contribution < 1.29 is 0 Å². The minimum Gasteiger partial charge on any atom is -0.0830 e. The predicted octanol–water partition coefficient (Wildman–Crippen LogP) is 6.29. The molecule has 2 rings (SSSR count). The Balaban J connectivity index is 2.52. The molecule has 0 aliphatic heterocycles. The van der Waals surface area contributed by atoms with Gasteiger partial charge in [0.15, 0.2) is 0 Å². The van der Waals surface area contributed by atoms with Crippen LogP contribution >= 0.6 is 59.4 Å². The maximum absolute atomic E-state index is 6.11. The number of hydrogen-bond donors (Lipinski definition) is 0. The first kappa shape index (κ1) is 12.6. The smallest absolute Gasteiger partial charge is 0.0565 e. The third kappa shape index (κ3) is 2.70. The lowest BCUT2D eigenvalue weighted by molar-refractivity contribution is 1.54. The lowest BCUT2D eigenvalue weighted by Crippen LogP contribution is -1.80. The van der Waals surface area contributed by atoms with Gasteiger partial charge in [-0.25, -0.2) is 0 Å². The van der Waals surface area contributed by atoms with E-state index in [9.17, 15) is 0 Å². The second kappa shape index (κ2) is 5.21. The van der Waals surface area contributed by atoms with E-state index in [0.717, 1.165) is 24.5 Å². The van der Waals surface area contributed by atoms with Crippen LogP contribution < -0.4 is 0 Å². The van der Waals surface area contributed by atoms with Crippen LogP contribution in [0.25, 0.3) is 11.1 Å². The predicted molar refractivity (Wildman–Crippen MR) is 80.0 cm³/mol. The third-order valence-electron chi connectivity index (χ3n) is 2.16. The summed E-state index contributed by atoms with van der Waals surface area (Å²) in [6.45, 7) is 0. The largest absolute Gasteiger partial charge is 0.0830 e. The molecule has 0 N–H and O–H groups in total. The highest BCUT2D eigenvalue weighted by Crippen LogP contribution is 2.35. The fraction of sp³-hybridized carbons (Fsp3) is 0. The van der Waals surface area contributed by atoms with Crippen LogP contribution in [0.4, 0.5) is 0 Å². The molecule has 0 heterocycles. The van der Waals surface area contributed by atoms with Crippen molar-refractivity contribution in [2.45, 2.75) is 0 Å². The van der Waals surface area contributed by atoms with Crippen molar-refractivity contribution in [1.29, 1.82) is 0 Å². The van der Waals surface area contributed by atoms with E-state index < -0.39 is 0 Å². The molecule has 0 aliphatic carbocycles. The number of rotatable bonds is 1. The summed E-state index contributed by atoms with van der Waals surface area (Å²) in [7, 11) is 0. The standard InChI is InChI=1S/C12H6Br3Cl/c13-9-3-1-7(2-4-9)8-5-10(14)12(15)11(16)6-8/h1-6H. The first-order chi connectivity index (χ1) is 7.58. The molecule has 4 heteroatoms. The molecule has 0 amide bonds. The minimum absolute atomic E-state index is 0.701. The van der Waals surface area contributed by atoms with Crippen LogP contribution in [0.1, 0.15) is 0 Å². The molecule has 0 spiro atoms. The van der Waals surface area contributed by atoms with Crippen molar-refractivity contribution in [3.63, 3.8) is 0 Å². The van der Waals surface area contributed by atoms with Gasteiger partial charge in [0.05, 0.1) is 9.50 Å². The molecule has 0 saturated carbocycles. The van der Waals surface area contributed by atoms with Crippen LogP contribution in [0.3, 0.4) is 0 Å². The lowest BCUT2D eigenvalue weighted by atomic mass is 10.1. The molecule has 0 saturated heterocycles. The Kier molecular flexibility index (Phi) is 4.11. The molecule has 82 valence electrons. The van der Waals surface area contributed by atoms with E-state index >= 15 is 0 Å². The summed E-state index contributed by atoms with van der Waals surface area (Å²) in [5, 5.41) is 0.701. The monoisotopic (exact) mass is 422 g/mol. The Labute approximate surface area is 124 Å². The van der Waals surface area contributed by atoms with Crippen molar-refractivity contribution in [1.82, 2.24) is 0 Å². The summed E-state index contributed by atoms with van der Waals surface area (Å²) < 4.78 is 2.91. The summed E-state index contributed by atoms with van der Waals surface area (Å²) in [6.07, 6.45) is 0. The second-order valence-corrected chi connectivity index (χ2v) is 6.23. The first-order valence-electron chi connectivity index (χ1n) is 4.48. The fourth-order valence-electron chi connectivity index (χ4n) is 1.36. The van der Waals surface area contributed by atoms with E-state index in [2.05, 4.69) is 59.9 Å². The van der Waals surface area contributed by atoms with Gasteiger partial charge in [-0.2, -0.15) is 0 Å². The van der Waals surface area contributed by atoms with E-state index in [1.807, 2.05) is 24.3 Å². The van der Waals surface area contributed by atoms with Crippen LogP contribution in [0.15, 0.2) is 49.8 Å². The fourth-order valence-corrected chi connectivity index (χ4v) is 2.65. The van der Waals surface area contributed by atoms with Crippen LogP contribution in [-0.4, -0.2) is 0 Å². The topological polar surface area (TPSA) is 0 Å². The maximum Gasteiger partial charge on any atom is 0.0565 e. The molecule has 0 radical (unpaired) electrons. The van der Waals surface area contributed by atoms with Gasteiger partial charge in [-0.05, 0) is 67.3 Å². The first-order valence-corrected chi connectivity index (χ1v) is 7.24. The van der Waals surface area contributed by atoms with Crippen molar-refractivity contribution in [3.8, 4) is 11.1 Å². The lowest BCUT2D eigenvalue weighted by Gasteiger charge is -2.06. The van der Waals surface area contributed by atoms with Gasteiger partial charge in [0, 0.05) is 8.95 Å². The summed E-state index contributed by atoms with van der Waals surface area (Å²) in [5.41, 5.74) is 2.23. The van der Waals surface area contributed by atoms with Crippen molar-refractivity contribution >= 4 is 59.4 Å². The molecule has 0 fully saturated rings. The van der Waals surface area contributed by atoms with Crippen molar-refractivity contribution in [3.05, 3.63) is 54.8 Å². The van der Waals surface area contributed by atoms with Gasteiger partial charge >= 0.3 is 0 Å². The molecule has 0 nitrogen and oxygen atoms in total. The van der Waals surface area contributed by atoms with Gasteiger partial charge in [-0.15, -0.1) is 0 Å². The summed E-state index contributed by atoms with van der Waals surface area (Å²) in [6, 6.07) is 12.1. The average Bonchev–Trinajstić information content (AvgIpc) is 2.26. The second-order valence-electron chi connectivity index (χ2n) is 3.26. The molecular weight excluding hydrogens is 419 g/mol. The molecular formula is C12H6Br3Cl. The zero-order chi connectivity index (χ0) is 11.7. The van der Waals surface area contributed by atoms with Gasteiger partial charge in [0.25, 0.3) is 0 Å². The van der Waals surface area contributed by atoms with Crippen LogP contribution in [0.2, 0.25) is 5.02 Å². The molecule has 0 aliphatic rings. The van der Waals surface area contributed by atoms with E-state index in [-0.39, 0.29) is 0 Å². The van der Waals surface area contributed by atoms with Crippen molar-refractivity contribution in [2.24, 2.45) is 0 Å². The molecule has 0 bridgehead atoms. The molecule has 0 unspecified atom stereocenters. The van der Waals surface area contributed by atoms with E-state index in [4.69, 9.17) is 11.6 Å². The number of hydrogen-bond acceptors (Lipinski definition) is 0. The molecule has 2 aromatic rings. The van der Waals surface area contributed by atoms with Gasteiger partial charge < -0.3 is 0 Å².